The lowest BCUT2D eigenvalue weighted by Crippen LogP contribution is -2.56. The average Bonchev–Trinajstić information content (AvgIpc) is 3.15. The van der Waals surface area contributed by atoms with Gasteiger partial charge in [-0.25, -0.2) is 0 Å². The summed E-state index contributed by atoms with van der Waals surface area (Å²) in [4.78, 5) is 12.0. The number of ether oxygens (including phenoxy) is 2. The summed E-state index contributed by atoms with van der Waals surface area (Å²) < 4.78 is 12.5. The second kappa shape index (κ2) is 5.07. The molecular formula is C21H32O3. The van der Waals surface area contributed by atoms with Crippen molar-refractivity contribution < 1.29 is 14.3 Å². The van der Waals surface area contributed by atoms with Crippen molar-refractivity contribution in [3.05, 3.63) is 0 Å². The highest BCUT2D eigenvalue weighted by Gasteiger charge is 2.67. The van der Waals surface area contributed by atoms with E-state index in [1.54, 1.807) is 0 Å². The first-order chi connectivity index (χ1) is 11.5. The molecule has 4 saturated carbocycles. The molecule has 0 bridgehead atoms. The lowest BCUT2D eigenvalue weighted by atomic mass is 9.45. The van der Waals surface area contributed by atoms with Crippen molar-refractivity contribution >= 4 is 5.78 Å². The fourth-order valence-electron chi connectivity index (χ4n) is 7.93. The van der Waals surface area contributed by atoms with E-state index < -0.39 is 0 Å². The summed E-state index contributed by atoms with van der Waals surface area (Å²) in [6, 6.07) is 0. The maximum Gasteiger partial charge on any atom is 0.174 e. The van der Waals surface area contributed by atoms with E-state index in [-0.39, 0.29) is 11.2 Å². The molecule has 24 heavy (non-hydrogen) atoms. The quantitative estimate of drug-likeness (QED) is 0.662. The van der Waals surface area contributed by atoms with Gasteiger partial charge in [0.1, 0.15) is 5.78 Å². The fourth-order valence-corrected chi connectivity index (χ4v) is 7.93. The number of rotatable bonds is 0. The number of Topliss-reactive ketones (excluding diaryl/α,β-unsaturated/α-hetero) is 1. The summed E-state index contributed by atoms with van der Waals surface area (Å²) in [5.41, 5.74) is 0.615. The predicted octanol–water partition coefficient (Wildman–Crippen LogP) is 4.34. The molecule has 0 N–H and O–H groups in total. The largest absolute Gasteiger partial charge is 0.347 e. The second-order valence-corrected chi connectivity index (χ2v) is 9.84. The van der Waals surface area contributed by atoms with Crippen molar-refractivity contribution in [2.75, 3.05) is 13.2 Å². The van der Waals surface area contributed by atoms with Crippen molar-refractivity contribution in [1.82, 2.24) is 0 Å². The zero-order valence-corrected chi connectivity index (χ0v) is 15.3. The second-order valence-electron chi connectivity index (χ2n) is 9.84. The Bertz CT molecular complexity index is 551. The number of carbonyl (C=O) groups is 1. The van der Waals surface area contributed by atoms with E-state index >= 15 is 0 Å². The fraction of sp³-hybridized carbons (Fsp3) is 0.952. The van der Waals surface area contributed by atoms with Gasteiger partial charge in [-0.05, 0) is 67.6 Å². The van der Waals surface area contributed by atoms with Crippen molar-refractivity contribution in [1.29, 1.82) is 0 Å². The number of hydrogen-bond acceptors (Lipinski definition) is 3. The molecule has 0 aromatic rings. The van der Waals surface area contributed by atoms with E-state index in [4.69, 9.17) is 9.47 Å². The van der Waals surface area contributed by atoms with Crippen molar-refractivity contribution in [3.63, 3.8) is 0 Å². The van der Waals surface area contributed by atoms with E-state index in [1.807, 2.05) is 0 Å². The highest BCUT2D eigenvalue weighted by Crippen LogP contribution is 2.69. The van der Waals surface area contributed by atoms with Gasteiger partial charge in [-0.3, -0.25) is 4.79 Å². The summed E-state index contributed by atoms with van der Waals surface area (Å²) >= 11 is 0. The molecule has 134 valence electrons. The highest BCUT2D eigenvalue weighted by molar-refractivity contribution is 5.79. The molecule has 0 amide bonds. The molecule has 1 aliphatic heterocycles. The first-order valence-corrected chi connectivity index (χ1v) is 10.3. The predicted molar refractivity (Wildman–Crippen MR) is 91.4 cm³/mol. The van der Waals surface area contributed by atoms with Gasteiger partial charge in [0.25, 0.3) is 0 Å². The number of ketones is 1. The molecular weight excluding hydrogens is 300 g/mol. The van der Waals surface area contributed by atoms with E-state index in [0.717, 1.165) is 56.7 Å². The van der Waals surface area contributed by atoms with Gasteiger partial charge in [0.15, 0.2) is 5.79 Å². The molecule has 5 fully saturated rings. The van der Waals surface area contributed by atoms with Crippen molar-refractivity contribution in [2.45, 2.75) is 77.4 Å². The lowest BCUT2D eigenvalue weighted by molar-refractivity contribution is -0.246. The van der Waals surface area contributed by atoms with Crippen LogP contribution in [0, 0.1) is 34.5 Å². The van der Waals surface area contributed by atoms with Gasteiger partial charge in [0, 0.05) is 24.7 Å². The van der Waals surface area contributed by atoms with Gasteiger partial charge >= 0.3 is 0 Å². The molecule has 0 radical (unpaired) electrons. The first-order valence-electron chi connectivity index (χ1n) is 10.3. The Morgan fingerprint density at radius 2 is 1.67 bits per heavy atom. The van der Waals surface area contributed by atoms with E-state index in [9.17, 15) is 4.79 Å². The Kier molecular flexibility index (Phi) is 3.34. The molecule has 4 aliphatic carbocycles. The summed E-state index contributed by atoms with van der Waals surface area (Å²) in [5, 5.41) is 0. The Morgan fingerprint density at radius 1 is 0.917 bits per heavy atom. The first kappa shape index (κ1) is 15.8. The van der Waals surface area contributed by atoms with Crippen molar-refractivity contribution in [2.24, 2.45) is 34.5 Å². The SMILES string of the molecule is C[C@]12CCC(=O)C[C@@H]1CCC1[C@@H]2CC[C@@]2(C)[C@H]1CCC21OCCO1. The third kappa shape index (κ3) is 1.84. The van der Waals surface area contributed by atoms with Gasteiger partial charge in [-0.15, -0.1) is 0 Å². The maximum absolute atomic E-state index is 12.0. The van der Waals surface area contributed by atoms with Crippen LogP contribution in [0.5, 0.6) is 0 Å². The summed E-state index contributed by atoms with van der Waals surface area (Å²) in [7, 11) is 0. The van der Waals surface area contributed by atoms with Crippen LogP contribution in [0.15, 0.2) is 0 Å². The molecule has 1 heterocycles. The molecule has 3 heteroatoms. The van der Waals surface area contributed by atoms with Gasteiger partial charge in [-0.1, -0.05) is 13.8 Å². The molecule has 3 nitrogen and oxygen atoms in total. The van der Waals surface area contributed by atoms with Gasteiger partial charge in [0.05, 0.1) is 13.2 Å². The standard InChI is InChI=1S/C21H32O3/c1-19-8-5-15(22)13-14(19)3-4-16-17(19)6-9-20(2)18(16)7-10-21(20)23-11-12-24-21/h14,16-18H,3-13H2,1-2H3/t14-,16?,17-,18-,19-,20-/m0/s1. The molecule has 0 aromatic heterocycles. The monoisotopic (exact) mass is 332 g/mol. The normalized spacial score (nSPS) is 52.8. The van der Waals surface area contributed by atoms with Crippen LogP contribution >= 0.6 is 0 Å². The Morgan fingerprint density at radius 3 is 2.46 bits per heavy atom. The van der Waals surface area contributed by atoms with Crippen LogP contribution in [0.1, 0.15) is 71.6 Å². The van der Waals surface area contributed by atoms with Crippen LogP contribution in [-0.2, 0) is 14.3 Å². The third-order valence-corrected chi connectivity index (χ3v) is 9.28. The van der Waals surface area contributed by atoms with E-state index in [0.29, 0.717) is 17.1 Å². The minimum atomic E-state index is -0.275. The smallest absolute Gasteiger partial charge is 0.174 e. The molecule has 5 aliphatic rings. The summed E-state index contributed by atoms with van der Waals surface area (Å²) in [6.45, 7) is 6.54. The molecule has 1 unspecified atom stereocenters. The van der Waals surface area contributed by atoms with Crippen LogP contribution < -0.4 is 0 Å². The van der Waals surface area contributed by atoms with Crippen LogP contribution in [0.25, 0.3) is 0 Å². The zero-order valence-electron chi connectivity index (χ0n) is 15.3. The molecule has 1 saturated heterocycles. The summed E-state index contributed by atoms with van der Waals surface area (Å²) in [6.07, 6.45) is 10.3. The van der Waals surface area contributed by atoms with Gasteiger partial charge < -0.3 is 9.47 Å². The molecule has 0 aromatic carbocycles. The minimum absolute atomic E-state index is 0.207. The minimum Gasteiger partial charge on any atom is -0.347 e. The Hall–Kier alpha value is -0.410. The average molecular weight is 332 g/mol. The van der Waals surface area contributed by atoms with E-state index in [1.165, 1.54) is 32.1 Å². The van der Waals surface area contributed by atoms with Crippen LogP contribution in [0.2, 0.25) is 0 Å². The zero-order chi connectivity index (χ0) is 16.6. The molecule has 1 spiro atoms. The number of hydrogen-bond donors (Lipinski definition) is 0. The topological polar surface area (TPSA) is 35.5 Å². The highest BCUT2D eigenvalue weighted by atomic mass is 16.7. The lowest BCUT2D eigenvalue weighted by Gasteiger charge is -2.60. The maximum atomic E-state index is 12.0. The molecule has 5 rings (SSSR count). The van der Waals surface area contributed by atoms with Gasteiger partial charge in [0.2, 0.25) is 0 Å². The molecule has 6 atom stereocenters. The summed E-state index contributed by atoms with van der Waals surface area (Å²) in [5.74, 6) is 3.29. The van der Waals surface area contributed by atoms with Crippen LogP contribution in [0.3, 0.4) is 0 Å². The third-order valence-electron chi connectivity index (χ3n) is 9.28. The van der Waals surface area contributed by atoms with Gasteiger partial charge in [-0.2, -0.15) is 0 Å². The van der Waals surface area contributed by atoms with Crippen LogP contribution in [0.4, 0.5) is 0 Å². The van der Waals surface area contributed by atoms with E-state index in [2.05, 4.69) is 13.8 Å². The van der Waals surface area contributed by atoms with Crippen LogP contribution in [-0.4, -0.2) is 24.8 Å². The Labute approximate surface area is 145 Å². The number of carbonyl (C=O) groups excluding carboxylic acids is 1. The van der Waals surface area contributed by atoms with Crippen molar-refractivity contribution in [3.8, 4) is 0 Å². The Balaban J connectivity index is 1.46. The number of fused-ring (bicyclic) bond motifs is 6.